The molecule has 1 aliphatic rings. The zero-order chi connectivity index (χ0) is 17.5. The molecule has 0 radical (unpaired) electrons. The van der Waals surface area contributed by atoms with E-state index in [1.807, 2.05) is 32.0 Å². The Hall–Kier alpha value is -1.95. The average molecular weight is 347 g/mol. The largest absolute Gasteiger partial charge is 0.332 e. The van der Waals surface area contributed by atoms with Crippen molar-refractivity contribution in [3.05, 3.63) is 24.3 Å². The molecule has 0 heterocycles. The monoisotopic (exact) mass is 347 g/mol. The molecule has 1 aromatic carbocycles. The minimum absolute atomic E-state index is 0.0383. The van der Waals surface area contributed by atoms with Gasteiger partial charge in [0.2, 0.25) is 11.8 Å². The second-order valence-corrected chi connectivity index (χ2v) is 6.99. The number of rotatable bonds is 5. The smallest absolute Gasteiger partial charge is 0.226 e. The molecule has 0 saturated heterocycles. The highest BCUT2D eigenvalue weighted by Crippen LogP contribution is 2.27. The lowest BCUT2D eigenvalue weighted by molar-refractivity contribution is -0.120. The molecule has 1 aliphatic carbocycles. The van der Waals surface area contributed by atoms with Crippen molar-refractivity contribution >= 4 is 40.5 Å². The van der Waals surface area contributed by atoms with Crippen LogP contribution in [0.3, 0.4) is 0 Å². The van der Waals surface area contributed by atoms with Crippen molar-refractivity contribution in [3.8, 4) is 0 Å². The Morgan fingerprint density at radius 1 is 1.17 bits per heavy atom. The third-order valence-corrected chi connectivity index (χ3v) is 4.32. The summed E-state index contributed by atoms with van der Waals surface area (Å²) in [5.74, 6) is 0.322. The van der Waals surface area contributed by atoms with E-state index in [-0.39, 0.29) is 22.8 Å². The Morgan fingerprint density at radius 3 is 2.42 bits per heavy atom. The first-order chi connectivity index (χ1) is 11.4. The van der Waals surface area contributed by atoms with Crippen molar-refractivity contribution in [1.82, 2.24) is 5.32 Å². The summed E-state index contributed by atoms with van der Waals surface area (Å²) in [5.41, 5.74) is 1.42. The van der Waals surface area contributed by atoms with E-state index < -0.39 is 0 Å². The zero-order valence-corrected chi connectivity index (χ0v) is 15.0. The Balaban J connectivity index is 1.84. The van der Waals surface area contributed by atoms with E-state index in [1.165, 1.54) is 12.8 Å². The van der Waals surface area contributed by atoms with Gasteiger partial charge in [-0.1, -0.05) is 32.8 Å². The Bertz CT molecular complexity index is 610. The van der Waals surface area contributed by atoms with Gasteiger partial charge in [-0.2, -0.15) is 0 Å². The van der Waals surface area contributed by atoms with Gasteiger partial charge >= 0.3 is 0 Å². The fourth-order valence-corrected chi connectivity index (χ4v) is 3.01. The van der Waals surface area contributed by atoms with E-state index >= 15 is 0 Å². The highest BCUT2D eigenvalue weighted by Gasteiger charge is 2.18. The van der Waals surface area contributed by atoms with Crippen LogP contribution < -0.4 is 16.0 Å². The molecule has 5 nitrogen and oxygen atoms in total. The Kier molecular flexibility index (Phi) is 6.73. The van der Waals surface area contributed by atoms with Crippen LogP contribution in [-0.4, -0.2) is 16.9 Å². The summed E-state index contributed by atoms with van der Waals surface area (Å²) in [6, 6.07) is 7.25. The molecule has 2 rings (SSSR count). The van der Waals surface area contributed by atoms with Gasteiger partial charge in [0, 0.05) is 23.7 Å². The van der Waals surface area contributed by atoms with Gasteiger partial charge in [-0.25, -0.2) is 0 Å². The molecule has 2 amide bonds. The number of nitrogens with one attached hydrogen (secondary N) is 3. The van der Waals surface area contributed by atoms with Crippen LogP contribution in [0.5, 0.6) is 0 Å². The predicted octanol–water partition coefficient (Wildman–Crippen LogP) is 3.67. The fourth-order valence-electron chi connectivity index (χ4n) is 2.78. The molecular formula is C18H25N3O2S. The lowest BCUT2D eigenvalue weighted by atomic mass is 10.0. The summed E-state index contributed by atoms with van der Waals surface area (Å²) in [7, 11) is 0. The lowest BCUT2D eigenvalue weighted by Gasteiger charge is -2.13. The molecule has 1 saturated carbocycles. The molecule has 0 atom stereocenters. The molecule has 3 N–H and O–H groups in total. The summed E-state index contributed by atoms with van der Waals surface area (Å²) < 4.78 is 0. The number of thiocarbonyl (C=S) groups is 1. The first-order valence-electron chi connectivity index (χ1n) is 8.46. The average Bonchev–Trinajstić information content (AvgIpc) is 2.99. The maximum Gasteiger partial charge on any atom is 0.226 e. The second-order valence-electron chi connectivity index (χ2n) is 6.58. The Morgan fingerprint density at radius 2 is 1.79 bits per heavy atom. The van der Waals surface area contributed by atoms with Crippen LogP contribution in [0.25, 0.3) is 0 Å². The third kappa shape index (κ3) is 5.92. The summed E-state index contributed by atoms with van der Waals surface area (Å²) >= 11 is 5.20. The van der Waals surface area contributed by atoms with Gasteiger partial charge in [0.15, 0.2) is 5.11 Å². The summed E-state index contributed by atoms with van der Waals surface area (Å²) in [4.78, 5) is 23.7. The minimum Gasteiger partial charge on any atom is -0.332 e. The van der Waals surface area contributed by atoms with Crippen LogP contribution in [0.1, 0.15) is 46.0 Å². The number of anilines is 2. The molecule has 0 aliphatic heterocycles. The van der Waals surface area contributed by atoms with Gasteiger partial charge in [0.25, 0.3) is 0 Å². The van der Waals surface area contributed by atoms with E-state index in [9.17, 15) is 9.59 Å². The second kappa shape index (κ2) is 8.78. The standard InChI is InChI=1S/C18H25N3O2S/c1-12(2)17(23)19-14-8-5-9-15(11-14)20-18(24)21-16(22)10-13-6-3-4-7-13/h5,8-9,11-13H,3-4,6-7,10H2,1-2H3,(H,19,23)(H2,20,21,22,24). The van der Waals surface area contributed by atoms with Gasteiger partial charge in [-0.05, 0) is 49.2 Å². The van der Waals surface area contributed by atoms with Gasteiger partial charge < -0.3 is 16.0 Å². The summed E-state index contributed by atoms with van der Waals surface area (Å²) in [6.45, 7) is 3.68. The number of hydrogen-bond donors (Lipinski definition) is 3. The molecule has 0 aromatic heterocycles. The van der Waals surface area contributed by atoms with Crippen molar-refractivity contribution in [1.29, 1.82) is 0 Å². The van der Waals surface area contributed by atoms with E-state index in [4.69, 9.17) is 12.2 Å². The van der Waals surface area contributed by atoms with Crippen molar-refractivity contribution in [3.63, 3.8) is 0 Å². The van der Waals surface area contributed by atoms with Gasteiger partial charge in [0.1, 0.15) is 0 Å². The molecule has 1 fully saturated rings. The van der Waals surface area contributed by atoms with Crippen LogP contribution >= 0.6 is 12.2 Å². The van der Waals surface area contributed by atoms with Crippen LogP contribution in [0.15, 0.2) is 24.3 Å². The Labute approximate surface area is 148 Å². The van der Waals surface area contributed by atoms with Crippen molar-refractivity contribution in [2.45, 2.75) is 46.0 Å². The fraction of sp³-hybridized carbons (Fsp3) is 0.500. The van der Waals surface area contributed by atoms with E-state index in [0.29, 0.717) is 18.0 Å². The molecule has 24 heavy (non-hydrogen) atoms. The van der Waals surface area contributed by atoms with Crippen LogP contribution in [0.2, 0.25) is 0 Å². The molecule has 0 spiro atoms. The highest BCUT2D eigenvalue weighted by atomic mass is 32.1. The minimum atomic E-state index is -0.0856. The van der Waals surface area contributed by atoms with Gasteiger partial charge in [-0.15, -0.1) is 0 Å². The molecule has 130 valence electrons. The molecule has 0 unspecified atom stereocenters. The number of carbonyl (C=O) groups excluding carboxylic acids is 2. The van der Waals surface area contributed by atoms with E-state index in [0.717, 1.165) is 18.5 Å². The van der Waals surface area contributed by atoms with Crippen molar-refractivity contribution in [2.24, 2.45) is 11.8 Å². The van der Waals surface area contributed by atoms with E-state index in [1.54, 1.807) is 6.07 Å². The van der Waals surface area contributed by atoms with Crippen LogP contribution in [-0.2, 0) is 9.59 Å². The first-order valence-corrected chi connectivity index (χ1v) is 8.86. The van der Waals surface area contributed by atoms with Crippen molar-refractivity contribution < 1.29 is 9.59 Å². The van der Waals surface area contributed by atoms with Crippen LogP contribution in [0.4, 0.5) is 11.4 Å². The van der Waals surface area contributed by atoms with Crippen LogP contribution in [0, 0.1) is 11.8 Å². The van der Waals surface area contributed by atoms with Gasteiger partial charge in [0.05, 0.1) is 0 Å². The molecule has 0 bridgehead atoms. The summed E-state index contributed by atoms with van der Waals surface area (Å²) in [5, 5.41) is 8.83. The number of hydrogen-bond acceptors (Lipinski definition) is 3. The molecule has 6 heteroatoms. The van der Waals surface area contributed by atoms with Crippen molar-refractivity contribution in [2.75, 3.05) is 10.6 Å². The maximum atomic E-state index is 12.0. The zero-order valence-electron chi connectivity index (χ0n) is 14.2. The SMILES string of the molecule is CC(C)C(=O)Nc1cccc(NC(=S)NC(=O)CC2CCCC2)c1. The summed E-state index contributed by atoms with van der Waals surface area (Å²) in [6.07, 6.45) is 5.23. The number of benzene rings is 1. The topological polar surface area (TPSA) is 70.2 Å². The maximum absolute atomic E-state index is 12.0. The van der Waals surface area contributed by atoms with E-state index in [2.05, 4.69) is 16.0 Å². The first kappa shape index (κ1) is 18.4. The number of amides is 2. The predicted molar refractivity (Wildman–Crippen MR) is 101 cm³/mol. The molecule has 1 aromatic rings. The van der Waals surface area contributed by atoms with Gasteiger partial charge in [-0.3, -0.25) is 9.59 Å². The highest BCUT2D eigenvalue weighted by molar-refractivity contribution is 7.80. The molecular weight excluding hydrogens is 322 g/mol. The third-order valence-electron chi connectivity index (χ3n) is 4.11. The quantitative estimate of drug-likeness (QED) is 0.711. The number of carbonyl (C=O) groups is 2. The normalized spacial score (nSPS) is 14.5. The lowest BCUT2D eigenvalue weighted by Crippen LogP contribution is -2.34.